The molecule has 3 saturated heterocycles. The summed E-state index contributed by atoms with van der Waals surface area (Å²) in [5, 5.41) is 20.5. The van der Waals surface area contributed by atoms with Crippen molar-refractivity contribution in [2.45, 2.75) is 90.1 Å². The Bertz CT molecular complexity index is 837. The van der Waals surface area contributed by atoms with Crippen molar-refractivity contribution >= 4 is 17.8 Å². The van der Waals surface area contributed by atoms with E-state index in [-0.39, 0.29) is 30.9 Å². The van der Waals surface area contributed by atoms with E-state index >= 15 is 0 Å². The molecule has 3 fully saturated rings. The Morgan fingerprint density at radius 2 is 2.00 bits per heavy atom. The second kappa shape index (κ2) is 8.38. The Labute approximate surface area is 196 Å². The van der Waals surface area contributed by atoms with E-state index in [4.69, 9.17) is 4.74 Å². The first kappa shape index (κ1) is 25.7. The maximum atomic E-state index is 14.3. The molecule has 0 aromatic carbocycles. The first-order valence-corrected chi connectivity index (χ1v) is 12.0. The quantitative estimate of drug-likeness (QED) is 0.534. The van der Waals surface area contributed by atoms with Crippen molar-refractivity contribution in [1.29, 1.82) is 0 Å². The first-order valence-electron chi connectivity index (χ1n) is 12.0. The third-order valence-electron chi connectivity index (χ3n) is 8.49. The number of carbonyl (C=O) groups excluding carboxylic acids is 2. The van der Waals surface area contributed by atoms with Crippen LogP contribution in [-0.2, 0) is 19.1 Å². The van der Waals surface area contributed by atoms with Gasteiger partial charge in [-0.25, -0.2) is 0 Å². The van der Waals surface area contributed by atoms with E-state index in [1.54, 1.807) is 17.9 Å². The molecule has 3 rings (SSSR count). The average molecular weight is 465 g/mol. The fourth-order valence-electron chi connectivity index (χ4n) is 6.47. The zero-order valence-electron chi connectivity index (χ0n) is 21.0. The van der Waals surface area contributed by atoms with E-state index in [1.807, 2.05) is 41.5 Å². The van der Waals surface area contributed by atoms with Crippen molar-refractivity contribution < 1.29 is 29.3 Å². The van der Waals surface area contributed by atoms with E-state index in [0.29, 0.717) is 12.8 Å². The topological polar surface area (TPSA) is 107 Å². The van der Waals surface area contributed by atoms with E-state index in [1.165, 1.54) is 4.90 Å². The summed E-state index contributed by atoms with van der Waals surface area (Å²) in [4.78, 5) is 43.8. The molecule has 8 heteroatoms. The highest BCUT2D eigenvalue weighted by molar-refractivity contribution is 5.98. The predicted octanol–water partition coefficient (Wildman–Crippen LogP) is 2.30. The number of amides is 2. The fraction of sp³-hybridized carbons (Fsp3) is 0.800. The third kappa shape index (κ3) is 3.52. The van der Waals surface area contributed by atoms with Gasteiger partial charge in [0, 0.05) is 12.1 Å². The summed E-state index contributed by atoms with van der Waals surface area (Å²) in [6.07, 6.45) is 2.76. The molecule has 2 bridgehead atoms. The molecule has 0 radical (unpaired) electrons. The summed E-state index contributed by atoms with van der Waals surface area (Å²) in [6, 6.07) is -1.61. The number of likely N-dealkylation sites (tertiary alicyclic amines) is 1. The molecule has 2 amide bonds. The Hall–Kier alpha value is -1.93. The van der Waals surface area contributed by atoms with E-state index in [0.717, 1.165) is 0 Å². The summed E-state index contributed by atoms with van der Waals surface area (Å²) in [5.74, 6) is -4.01. The van der Waals surface area contributed by atoms with Crippen molar-refractivity contribution in [2.75, 3.05) is 13.2 Å². The largest absolute Gasteiger partial charge is 0.481 e. The van der Waals surface area contributed by atoms with Crippen LogP contribution in [-0.4, -0.2) is 79.8 Å². The number of aliphatic hydroxyl groups is 1. The minimum absolute atomic E-state index is 0.0829. The summed E-state index contributed by atoms with van der Waals surface area (Å²) < 4.78 is 6.54. The minimum Gasteiger partial charge on any atom is -0.481 e. The number of carbonyl (C=O) groups is 3. The van der Waals surface area contributed by atoms with Crippen molar-refractivity contribution in [3.63, 3.8) is 0 Å². The summed E-state index contributed by atoms with van der Waals surface area (Å²) in [6.45, 7) is 17.1. The van der Waals surface area contributed by atoms with Gasteiger partial charge >= 0.3 is 5.97 Å². The van der Waals surface area contributed by atoms with Crippen LogP contribution in [0.3, 0.4) is 0 Å². The molecule has 0 aromatic heterocycles. The Morgan fingerprint density at radius 1 is 1.39 bits per heavy atom. The summed E-state index contributed by atoms with van der Waals surface area (Å²) in [5.41, 5.74) is -2.83. The van der Waals surface area contributed by atoms with E-state index in [9.17, 15) is 24.6 Å². The first-order chi connectivity index (χ1) is 15.2. The smallest absolute Gasteiger partial charge is 0.310 e. The molecule has 3 unspecified atom stereocenters. The van der Waals surface area contributed by atoms with Gasteiger partial charge < -0.3 is 24.7 Å². The number of hydrogen-bond donors (Lipinski definition) is 2. The van der Waals surface area contributed by atoms with Crippen LogP contribution in [0, 0.1) is 23.7 Å². The lowest BCUT2D eigenvalue weighted by Gasteiger charge is -2.44. The van der Waals surface area contributed by atoms with Crippen molar-refractivity contribution in [1.82, 2.24) is 9.80 Å². The van der Waals surface area contributed by atoms with Crippen LogP contribution in [0.1, 0.15) is 61.3 Å². The van der Waals surface area contributed by atoms with Gasteiger partial charge in [0.05, 0.1) is 24.2 Å². The number of ether oxygens (including phenoxy) is 1. The van der Waals surface area contributed by atoms with Gasteiger partial charge in [-0.15, -0.1) is 6.58 Å². The zero-order valence-corrected chi connectivity index (χ0v) is 21.0. The lowest BCUT2D eigenvalue weighted by molar-refractivity contribution is -0.162. The second-order valence-electron chi connectivity index (χ2n) is 11.3. The highest BCUT2D eigenvalue weighted by Crippen LogP contribution is 2.65. The van der Waals surface area contributed by atoms with Gasteiger partial charge in [-0.1, -0.05) is 33.3 Å². The molecule has 0 aliphatic carbocycles. The lowest BCUT2D eigenvalue weighted by atomic mass is 9.62. The molecule has 0 saturated carbocycles. The number of aliphatic carboxylic acids is 1. The van der Waals surface area contributed by atoms with Crippen LogP contribution in [0.25, 0.3) is 0 Å². The van der Waals surface area contributed by atoms with Crippen LogP contribution in [0.4, 0.5) is 0 Å². The maximum Gasteiger partial charge on any atom is 0.310 e. The Balaban J connectivity index is 2.23. The Morgan fingerprint density at radius 3 is 2.45 bits per heavy atom. The number of carboxylic acid groups (broad SMARTS) is 1. The van der Waals surface area contributed by atoms with Crippen LogP contribution in [0.15, 0.2) is 12.7 Å². The fourth-order valence-corrected chi connectivity index (χ4v) is 6.47. The number of aliphatic hydroxyl groups excluding tert-OH is 1. The van der Waals surface area contributed by atoms with Crippen LogP contribution >= 0.6 is 0 Å². The number of nitrogens with zero attached hydrogens (tertiary/aromatic N) is 2. The van der Waals surface area contributed by atoms with Crippen molar-refractivity contribution in [3.8, 4) is 0 Å². The normalized spacial score (nSPS) is 37.1. The second-order valence-corrected chi connectivity index (χ2v) is 11.3. The zero-order chi connectivity index (χ0) is 25.1. The minimum atomic E-state index is -1.24. The van der Waals surface area contributed by atoms with Crippen LogP contribution < -0.4 is 0 Å². The molecular weight excluding hydrogens is 424 g/mol. The van der Waals surface area contributed by atoms with Gasteiger partial charge in [-0.2, -0.15) is 0 Å². The molecule has 3 heterocycles. The predicted molar refractivity (Wildman–Crippen MR) is 123 cm³/mol. The van der Waals surface area contributed by atoms with Gasteiger partial charge in [0.2, 0.25) is 11.8 Å². The number of fused-ring (bicyclic) bond motifs is 1. The monoisotopic (exact) mass is 464 g/mol. The van der Waals surface area contributed by atoms with Crippen molar-refractivity contribution in [3.05, 3.63) is 12.7 Å². The molecule has 8 atom stereocenters. The summed E-state index contributed by atoms with van der Waals surface area (Å²) in [7, 11) is 0. The van der Waals surface area contributed by atoms with Gasteiger partial charge in [0.1, 0.15) is 17.6 Å². The lowest BCUT2D eigenvalue weighted by Crippen LogP contribution is -2.62. The molecule has 2 N–H and O–H groups in total. The number of rotatable bonds is 8. The molecule has 33 heavy (non-hydrogen) atoms. The van der Waals surface area contributed by atoms with Gasteiger partial charge in [0.15, 0.2) is 0 Å². The van der Waals surface area contributed by atoms with Gasteiger partial charge in [-0.05, 0) is 46.0 Å². The number of carboxylic acids is 1. The van der Waals surface area contributed by atoms with Crippen molar-refractivity contribution in [2.24, 2.45) is 23.7 Å². The molecule has 3 aliphatic rings. The van der Waals surface area contributed by atoms with E-state index < -0.39 is 52.5 Å². The Kier molecular flexibility index (Phi) is 6.52. The molecule has 8 nitrogen and oxygen atoms in total. The molecule has 0 aromatic rings. The van der Waals surface area contributed by atoms with Gasteiger partial charge in [-0.3, -0.25) is 14.4 Å². The van der Waals surface area contributed by atoms with Crippen LogP contribution in [0.2, 0.25) is 0 Å². The highest BCUT2D eigenvalue weighted by atomic mass is 16.5. The van der Waals surface area contributed by atoms with E-state index in [2.05, 4.69) is 6.58 Å². The SMILES string of the molecule is C=CCN(C(=O)C1N([C@@H](CO)[C@@H](C)CC)C(=O)[C@@H]2[C@@H](C(=O)O)[C@]3(C)OC12CC3C)C(C)(C)C. The molecule has 3 aliphatic heterocycles. The molecule has 186 valence electrons. The number of hydrogen-bond acceptors (Lipinski definition) is 5. The average Bonchev–Trinajstić information content (AvgIpc) is 3.22. The highest BCUT2D eigenvalue weighted by Gasteiger charge is 2.80. The van der Waals surface area contributed by atoms with Gasteiger partial charge in [0.25, 0.3) is 0 Å². The summed E-state index contributed by atoms with van der Waals surface area (Å²) >= 11 is 0. The van der Waals surface area contributed by atoms with Crippen LogP contribution in [0.5, 0.6) is 0 Å². The standard InChI is InChI=1S/C25H40N2O6/c1-9-11-26(23(5,6)7)21(30)19-25-12-15(4)24(8,33-25)18(22(31)32)17(25)20(29)27(19)16(13-28)14(3)10-2/h9,14-19,28H,1,10-13H2,2-8H3,(H,31,32)/t14-,15?,16-,17-,18-,19?,24+,25?/m0/s1. The molecule has 1 spiro atoms. The molecular formula is C25H40N2O6. The maximum absolute atomic E-state index is 14.3. The third-order valence-corrected chi connectivity index (χ3v) is 8.49.